The summed E-state index contributed by atoms with van der Waals surface area (Å²) >= 11 is 0. The fraction of sp³-hybridized carbons (Fsp3) is 0.909. The normalized spacial score (nSPS) is 35.6. The number of rotatable bonds is 3. The van der Waals surface area contributed by atoms with E-state index >= 15 is 0 Å². The van der Waals surface area contributed by atoms with Crippen molar-refractivity contribution >= 4 is 5.97 Å². The predicted molar refractivity (Wildman–Crippen MR) is 53.9 cm³/mol. The van der Waals surface area contributed by atoms with E-state index in [9.17, 15) is 4.79 Å². The van der Waals surface area contributed by atoms with Crippen molar-refractivity contribution in [3.8, 4) is 0 Å². The molecule has 0 radical (unpaired) electrons. The molecule has 80 valence electrons. The Balaban J connectivity index is 1.69. The van der Waals surface area contributed by atoms with Gasteiger partial charge in [-0.05, 0) is 44.1 Å². The van der Waals surface area contributed by atoms with E-state index in [2.05, 4.69) is 5.32 Å². The van der Waals surface area contributed by atoms with E-state index in [0.717, 1.165) is 13.1 Å². The molecule has 0 aromatic heterocycles. The van der Waals surface area contributed by atoms with Crippen molar-refractivity contribution in [2.24, 2.45) is 11.3 Å². The van der Waals surface area contributed by atoms with Crippen LogP contribution < -0.4 is 5.32 Å². The van der Waals surface area contributed by atoms with Crippen LogP contribution in [0.15, 0.2) is 0 Å². The fourth-order valence-corrected chi connectivity index (χ4v) is 2.91. The molecule has 0 bridgehead atoms. The summed E-state index contributed by atoms with van der Waals surface area (Å²) in [6.07, 6.45) is 4.37. The summed E-state index contributed by atoms with van der Waals surface area (Å²) in [6, 6.07) is 0. The molecular formula is C11H19NO2. The van der Waals surface area contributed by atoms with Crippen LogP contribution in [0.2, 0.25) is 0 Å². The van der Waals surface area contributed by atoms with Gasteiger partial charge in [-0.2, -0.15) is 0 Å². The zero-order valence-electron chi connectivity index (χ0n) is 8.84. The summed E-state index contributed by atoms with van der Waals surface area (Å²) in [5.41, 5.74) is 0.553. The summed E-state index contributed by atoms with van der Waals surface area (Å²) in [5, 5.41) is 3.40. The highest BCUT2D eigenvalue weighted by molar-refractivity contribution is 5.69. The third-order valence-corrected chi connectivity index (χ3v) is 3.54. The Kier molecular flexibility index (Phi) is 2.77. The Morgan fingerprint density at radius 3 is 2.93 bits per heavy atom. The number of carbonyl (C=O) groups excluding carboxylic acids is 1. The van der Waals surface area contributed by atoms with Crippen LogP contribution in [0.1, 0.15) is 32.6 Å². The van der Waals surface area contributed by atoms with Gasteiger partial charge in [0.2, 0.25) is 0 Å². The van der Waals surface area contributed by atoms with E-state index in [-0.39, 0.29) is 5.97 Å². The van der Waals surface area contributed by atoms with Crippen LogP contribution >= 0.6 is 0 Å². The molecule has 2 fully saturated rings. The SMILES string of the molecule is CCOC(=O)CC1CC2(CCNC2)C1. The number of hydrogen-bond donors (Lipinski definition) is 1. The van der Waals surface area contributed by atoms with Crippen LogP contribution in [0, 0.1) is 11.3 Å². The maximum Gasteiger partial charge on any atom is 0.306 e. The van der Waals surface area contributed by atoms with Gasteiger partial charge in [0.05, 0.1) is 6.61 Å². The van der Waals surface area contributed by atoms with Crippen molar-refractivity contribution < 1.29 is 9.53 Å². The van der Waals surface area contributed by atoms with Crippen LogP contribution in [0.3, 0.4) is 0 Å². The molecule has 2 aliphatic rings. The van der Waals surface area contributed by atoms with Gasteiger partial charge < -0.3 is 10.1 Å². The first-order valence-corrected chi connectivity index (χ1v) is 5.60. The Labute approximate surface area is 85.2 Å². The average Bonchev–Trinajstić information content (AvgIpc) is 2.52. The second-order valence-electron chi connectivity index (χ2n) is 4.71. The molecule has 0 atom stereocenters. The average molecular weight is 197 g/mol. The molecule has 1 aliphatic carbocycles. The molecule has 1 N–H and O–H groups in total. The summed E-state index contributed by atoms with van der Waals surface area (Å²) in [5.74, 6) is 0.576. The van der Waals surface area contributed by atoms with Gasteiger partial charge in [0.25, 0.3) is 0 Å². The van der Waals surface area contributed by atoms with E-state index in [0.29, 0.717) is 24.4 Å². The molecule has 14 heavy (non-hydrogen) atoms. The first kappa shape index (κ1) is 9.97. The smallest absolute Gasteiger partial charge is 0.306 e. The number of nitrogens with one attached hydrogen (secondary N) is 1. The number of esters is 1. The lowest BCUT2D eigenvalue weighted by molar-refractivity contribution is -0.146. The van der Waals surface area contributed by atoms with Gasteiger partial charge >= 0.3 is 5.97 Å². The van der Waals surface area contributed by atoms with Gasteiger partial charge in [0.15, 0.2) is 0 Å². The lowest BCUT2D eigenvalue weighted by Crippen LogP contribution is -2.39. The molecule has 0 amide bonds. The van der Waals surface area contributed by atoms with Crippen molar-refractivity contribution in [2.75, 3.05) is 19.7 Å². The van der Waals surface area contributed by atoms with Crippen LogP contribution in [0.4, 0.5) is 0 Å². The second-order valence-corrected chi connectivity index (χ2v) is 4.71. The summed E-state index contributed by atoms with van der Waals surface area (Å²) in [6.45, 7) is 4.69. The van der Waals surface area contributed by atoms with E-state index in [1.54, 1.807) is 0 Å². The zero-order valence-corrected chi connectivity index (χ0v) is 8.84. The van der Waals surface area contributed by atoms with Gasteiger partial charge in [-0.15, -0.1) is 0 Å². The van der Waals surface area contributed by atoms with Crippen LogP contribution in [0.5, 0.6) is 0 Å². The molecule has 1 saturated carbocycles. The Hall–Kier alpha value is -0.570. The van der Waals surface area contributed by atoms with Gasteiger partial charge in [0, 0.05) is 13.0 Å². The van der Waals surface area contributed by atoms with Crippen molar-refractivity contribution in [3.05, 3.63) is 0 Å². The zero-order chi connectivity index (χ0) is 10.0. The van der Waals surface area contributed by atoms with Crippen molar-refractivity contribution in [3.63, 3.8) is 0 Å². The monoisotopic (exact) mass is 197 g/mol. The first-order valence-electron chi connectivity index (χ1n) is 5.60. The van der Waals surface area contributed by atoms with Crippen LogP contribution in [0.25, 0.3) is 0 Å². The predicted octanol–water partition coefficient (Wildman–Crippen LogP) is 1.33. The van der Waals surface area contributed by atoms with E-state index in [4.69, 9.17) is 4.74 Å². The molecule has 1 spiro atoms. The van der Waals surface area contributed by atoms with Gasteiger partial charge in [-0.3, -0.25) is 4.79 Å². The summed E-state index contributed by atoms with van der Waals surface area (Å²) < 4.78 is 4.94. The molecule has 0 aromatic carbocycles. The topological polar surface area (TPSA) is 38.3 Å². The molecule has 1 heterocycles. The Morgan fingerprint density at radius 2 is 2.36 bits per heavy atom. The Bertz CT molecular complexity index is 213. The van der Waals surface area contributed by atoms with Crippen LogP contribution in [-0.4, -0.2) is 25.7 Å². The molecule has 0 unspecified atom stereocenters. The lowest BCUT2D eigenvalue weighted by Gasteiger charge is -2.44. The molecule has 1 aliphatic heterocycles. The highest BCUT2D eigenvalue weighted by Gasteiger charge is 2.46. The highest BCUT2D eigenvalue weighted by Crippen LogP contribution is 2.50. The summed E-state index contributed by atoms with van der Waals surface area (Å²) in [7, 11) is 0. The number of carbonyl (C=O) groups is 1. The number of ether oxygens (including phenoxy) is 1. The third kappa shape index (κ3) is 1.92. The van der Waals surface area contributed by atoms with E-state index < -0.39 is 0 Å². The van der Waals surface area contributed by atoms with Gasteiger partial charge in [-0.1, -0.05) is 0 Å². The molecule has 1 saturated heterocycles. The second kappa shape index (κ2) is 3.89. The van der Waals surface area contributed by atoms with Gasteiger partial charge in [-0.25, -0.2) is 0 Å². The van der Waals surface area contributed by atoms with Crippen molar-refractivity contribution in [1.29, 1.82) is 0 Å². The standard InChI is InChI=1S/C11H19NO2/c1-2-14-10(13)5-9-6-11(7-9)3-4-12-8-11/h9,12H,2-8H2,1H3. The van der Waals surface area contributed by atoms with Crippen molar-refractivity contribution in [1.82, 2.24) is 5.32 Å². The fourth-order valence-electron chi connectivity index (χ4n) is 2.91. The van der Waals surface area contributed by atoms with Gasteiger partial charge in [0.1, 0.15) is 0 Å². The molecule has 3 heteroatoms. The quantitative estimate of drug-likeness (QED) is 0.694. The van der Waals surface area contributed by atoms with Crippen molar-refractivity contribution in [2.45, 2.75) is 32.6 Å². The largest absolute Gasteiger partial charge is 0.466 e. The minimum absolute atomic E-state index is 0.0155. The maximum atomic E-state index is 11.2. The van der Waals surface area contributed by atoms with Crippen LogP contribution in [-0.2, 0) is 9.53 Å². The minimum Gasteiger partial charge on any atom is -0.466 e. The Morgan fingerprint density at radius 1 is 1.57 bits per heavy atom. The number of hydrogen-bond acceptors (Lipinski definition) is 3. The third-order valence-electron chi connectivity index (χ3n) is 3.54. The van der Waals surface area contributed by atoms with E-state index in [1.807, 2.05) is 6.92 Å². The lowest BCUT2D eigenvalue weighted by atomic mass is 9.60. The maximum absolute atomic E-state index is 11.2. The highest BCUT2D eigenvalue weighted by atomic mass is 16.5. The molecule has 3 nitrogen and oxygen atoms in total. The van der Waals surface area contributed by atoms with E-state index in [1.165, 1.54) is 19.3 Å². The first-order chi connectivity index (χ1) is 6.74. The molecular weight excluding hydrogens is 178 g/mol. The summed E-state index contributed by atoms with van der Waals surface area (Å²) in [4.78, 5) is 11.2. The minimum atomic E-state index is -0.0155. The molecule has 0 aromatic rings. The molecule has 2 rings (SSSR count).